The molecule has 3 aromatic rings. The minimum Gasteiger partial charge on any atom is -0.357 e. The van der Waals surface area contributed by atoms with Crippen LogP contribution in [0.25, 0.3) is 0 Å². The van der Waals surface area contributed by atoms with Crippen molar-refractivity contribution in [2.75, 3.05) is 32.1 Å². The fraction of sp³-hybridized carbons (Fsp3) is 0.350. The van der Waals surface area contributed by atoms with Gasteiger partial charge in [0.25, 0.3) is 0 Å². The first-order valence-electron chi connectivity index (χ1n) is 9.45. The first-order chi connectivity index (χ1) is 14.1. The van der Waals surface area contributed by atoms with Gasteiger partial charge in [-0.2, -0.15) is 5.10 Å². The zero-order chi connectivity index (χ0) is 20.6. The Morgan fingerprint density at radius 2 is 2.07 bits per heavy atom. The maximum Gasteiger partial charge on any atom is 0.191 e. The third-order valence-corrected chi connectivity index (χ3v) is 5.54. The molecule has 1 atom stereocenters. The number of hydrogen-bond donors (Lipinski definition) is 2. The smallest absolute Gasteiger partial charge is 0.191 e. The van der Waals surface area contributed by atoms with E-state index in [9.17, 15) is 0 Å². The summed E-state index contributed by atoms with van der Waals surface area (Å²) in [5.41, 5.74) is 2.08. The first kappa shape index (κ1) is 21.1. The van der Waals surface area contributed by atoms with Crippen molar-refractivity contribution in [2.24, 2.45) is 4.99 Å². The van der Waals surface area contributed by atoms with E-state index in [1.165, 1.54) is 0 Å². The van der Waals surface area contributed by atoms with Crippen molar-refractivity contribution in [3.63, 3.8) is 0 Å². The molecule has 9 heteroatoms. The highest BCUT2D eigenvalue weighted by Gasteiger charge is 2.15. The molecule has 0 aliphatic rings. The van der Waals surface area contributed by atoms with E-state index in [1.807, 2.05) is 72.5 Å². The summed E-state index contributed by atoms with van der Waals surface area (Å²) in [6, 6.07) is 9.80. The second kappa shape index (κ2) is 10.3. The average Bonchev–Trinajstić information content (AvgIpc) is 3.40. The number of hydrogen-bond acceptors (Lipinski definition) is 5. The molecule has 2 N–H and O–H groups in total. The van der Waals surface area contributed by atoms with E-state index in [-0.39, 0.29) is 6.04 Å². The second-order valence-electron chi connectivity index (χ2n) is 6.65. The molecule has 2 heterocycles. The van der Waals surface area contributed by atoms with Crippen molar-refractivity contribution < 1.29 is 0 Å². The minimum absolute atomic E-state index is 0.0192. The number of guanidine groups is 1. The van der Waals surface area contributed by atoms with Crippen LogP contribution in [0.3, 0.4) is 0 Å². The van der Waals surface area contributed by atoms with Gasteiger partial charge >= 0.3 is 0 Å². The van der Waals surface area contributed by atoms with Gasteiger partial charge in [0.15, 0.2) is 11.1 Å². The SMILES string of the molecule is CCNC(=NCc1csc(N(C)C)n1)NCC(c1ccc(Cl)cc1)n1cccn1. The van der Waals surface area contributed by atoms with Gasteiger partial charge in [-0.05, 0) is 30.7 Å². The number of nitrogens with one attached hydrogen (secondary N) is 2. The Morgan fingerprint density at radius 3 is 2.69 bits per heavy atom. The Bertz CT molecular complexity index is 903. The van der Waals surface area contributed by atoms with Crippen LogP contribution in [0.1, 0.15) is 24.2 Å². The number of aromatic nitrogens is 3. The van der Waals surface area contributed by atoms with E-state index in [1.54, 1.807) is 17.5 Å². The predicted octanol–water partition coefficient (Wildman–Crippen LogP) is 3.40. The molecule has 7 nitrogen and oxygen atoms in total. The maximum absolute atomic E-state index is 6.06. The lowest BCUT2D eigenvalue weighted by Gasteiger charge is -2.20. The predicted molar refractivity (Wildman–Crippen MR) is 121 cm³/mol. The summed E-state index contributed by atoms with van der Waals surface area (Å²) in [6.07, 6.45) is 3.75. The summed E-state index contributed by atoms with van der Waals surface area (Å²) in [6.45, 7) is 3.98. The fourth-order valence-electron chi connectivity index (χ4n) is 2.78. The number of aliphatic imine (C=N–C) groups is 1. The highest BCUT2D eigenvalue weighted by Crippen LogP contribution is 2.20. The number of thiazole rings is 1. The van der Waals surface area contributed by atoms with Gasteiger partial charge in [-0.3, -0.25) is 4.68 Å². The largest absolute Gasteiger partial charge is 0.357 e. The van der Waals surface area contributed by atoms with Crippen molar-refractivity contribution in [2.45, 2.75) is 19.5 Å². The van der Waals surface area contributed by atoms with Crippen LogP contribution in [0.2, 0.25) is 5.02 Å². The van der Waals surface area contributed by atoms with Crippen LogP contribution < -0.4 is 15.5 Å². The Labute approximate surface area is 180 Å². The van der Waals surface area contributed by atoms with E-state index >= 15 is 0 Å². The number of halogens is 1. The maximum atomic E-state index is 6.06. The summed E-state index contributed by atoms with van der Waals surface area (Å²) >= 11 is 7.68. The Morgan fingerprint density at radius 1 is 1.28 bits per heavy atom. The minimum atomic E-state index is 0.0192. The molecule has 154 valence electrons. The van der Waals surface area contributed by atoms with Crippen LogP contribution in [0.15, 0.2) is 53.1 Å². The van der Waals surface area contributed by atoms with Crippen LogP contribution in [0.4, 0.5) is 5.13 Å². The van der Waals surface area contributed by atoms with Gasteiger partial charge in [0.05, 0.1) is 18.3 Å². The van der Waals surface area contributed by atoms with E-state index in [0.717, 1.165) is 33.9 Å². The molecule has 0 aliphatic heterocycles. The van der Waals surface area contributed by atoms with Gasteiger partial charge in [-0.25, -0.2) is 9.98 Å². The van der Waals surface area contributed by atoms with E-state index in [2.05, 4.69) is 25.7 Å². The normalized spacial score (nSPS) is 12.6. The van der Waals surface area contributed by atoms with Gasteiger partial charge in [-0.15, -0.1) is 11.3 Å². The summed E-state index contributed by atoms with van der Waals surface area (Å²) in [5.74, 6) is 0.748. The summed E-state index contributed by atoms with van der Waals surface area (Å²) in [5, 5.41) is 14.9. The van der Waals surface area contributed by atoms with Crippen LogP contribution in [-0.2, 0) is 6.54 Å². The monoisotopic (exact) mass is 431 g/mol. The molecule has 3 rings (SSSR count). The molecule has 0 aliphatic carbocycles. The number of rotatable bonds is 8. The van der Waals surface area contributed by atoms with Crippen LogP contribution in [0, 0.1) is 0 Å². The fourth-order valence-corrected chi connectivity index (χ4v) is 3.66. The first-order valence-corrected chi connectivity index (χ1v) is 10.7. The lowest BCUT2D eigenvalue weighted by atomic mass is 10.1. The number of anilines is 1. The molecule has 0 fully saturated rings. The molecular weight excluding hydrogens is 406 g/mol. The number of benzene rings is 1. The van der Waals surface area contributed by atoms with Crippen LogP contribution >= 0.6 is 22.9 Å². The van der Waals surface area contributed by atoms with E-state index < -0.39 is 0 Å². The summed E-state index contributed by atoms with van der Waals surface area (Å²) in [4.78, 5) is 11.3. The van der Waals surface area contributed by atoms with Gasteiger partial charge < -0.3 is 15.5 Å². The van der Waals surface area contributed by atoms with Crippen molar-refractivity contribution in [3.05, 3.63) is 64.4 Å². The van der Waals surface area contributed by atoms with E-state index in [0.29, 0.717) is 13.1 Å². The molecular formula is C20H26ClN7S. The molecule has 0 amide bonds. The van der Waals surface area contributed by atoms with Crippen molar-refractivity contribution in [1.29, 1.82) is 0 Å². The van der Waals surface area contributed by atoms with Gasteiger partial charge in [0, 0.05) is 50.0 Å². The van der Waals surface area contributed by atoms with Gasteiger partial charge in [0.2, 0.25) is 0 Å². The van der Waals surface area contributed by atoms with Crippen molar-refractivity contribution >= 4 is 34.0 Å². The van der Waals surface area contributed by atoms with Gasteiger partial charge in [0.1, 0.15) is 0 Å². The molecule has 0 bridgehead atoms. The summed E-state index contributed by atoms with van der Waals surface area (Å²) < 4.78 is 1.93. The van der Waals surface area contributed by atoms with E-state index in [4.69, 9.17) is 11.6 Å². The molecule has 0 spiro atoms. The van der Waals surface area contributed by atoms with Crippen molar-refractivity contribution in [3.8, 4) is 0 Å². The topological polar surface area (TPSA) is 70.4 Å². The van der Waals surface area contributed by atoms with Crippen LogP contribution in [-0.4, -0.2) is 47.9 Å². The number of nitrogens with zero attached hydrogens (tertiary/aromatic N) is 5. The molecule has 0 radical (unpaired) electrons. The summed E-state index contributed by atoms with van der Waals surface area (Å²) in [7, 11) is 3.98. The molecule has 0 saturated carbocycles. The lowest BCUT2D eigenvalue weighted by molar-refractivity contribution is 0.510. The highest BCUT2D eigenvalue weighted by molar-refractivity contribution is 7.13. The highest BCUT2D eigenvalue weighted by atomic mass is 35.5. The van der Waals surface area contributed by atoms with Gasteiger partial charge in [-0.1, -0.05) is 23.7 Å². The Hall–Kier alpha value is -2.58. The third-order valence-electron chi connectivity index (χ3n) is 4.23. The quantitative estimate of drug-likeness (QED) is 0.422. The lowest BCUT2D eigenvalue weighted by Crippen LogP contribution is -2.40. The average molecular weight is 432 g/mol. The third kappa shape index (κ3) is 5.95. The standard InChI is InChI=1S/C20H26ClN7S/c1-4-22-19(23-12-17-14-29-20(26-17)27(2)3)24-13-18(28-11-5-10-25-28)15-6-8-16(21)9-7-15/h5-11,14,18H,4,12-13H2,1-3H3,(H2,22,23,24). The molecule has 2 aromatic heterocycles. The zero-order valence-electron chi connectivity index (χ0n) is 16.8. The Kier molecular flexibility index (Phi) is 7.48. The molecule has 0 saturated heterocycles. The molecule has 1 aromatic carbocycles. The zero-order valence-corrected chi connectivity index (χ0v) is 18.4. The Balaban J connectivity index is 1.71. The second-order valence-corrected chi connectivity index (χ2v) is 7.92. The van der Waals surface area contributed by atoms with Crippen LogP contribution in [0.5, 0.6) is 0 Å². The van der Waals surface area contributed by atoms with Crippen molar-refractivity contribution in [1.82, 2.24) is 25.4 Å². The molecule has 29 heavy (non-hydrogen) atoms. The molecule has 1 unspecified atom stereocenters.